The number of hydrogen-bond acceptors (Lipinski definition) is 4. The van der Waals surface area contributed by atoms with Gasteiger partial charge in [-0.1, -0.05) is 13.8 Å². The van der Waals surface area contributed by atoms with Gasteiger partial charge in [-0.05, 0) is 6.07 Å². The molecule has 0 radical (unpaired) electrons. The Bertz CT molecular complexity index is 408. The van der Waals surface area contributed by atoms with E-state index in [4.69, 9.17) is 0 Å². The van der Waals surface area contributed by atoms with Gasteiger partial charge in [0.15, 0.2) is 0 Å². The predicted octanol–water partition coefficient (Wildman–Crippen LogP) is 2.72. The van der Waals surface area contributed by atoms with Crippen LogP contribution in [0.1, 0.15) is 24.8 Å². The zero-order valence-electron chi connectivity index (χ0n) is 8.14. The molecule has 0 saturated heterocycles. The average Bonchev–Trinajstić information content (AvgIpc) is 2.68. The lowest BCUT2D eigenvalue weighted by molar-refractivity contribution is 0.853. The molecule has 2 aromatic rings. The van der Waals surface area contributed by atoms with Crippen LogP contribution in [0.2, 0.25) is 0 Å². The normalized spacial score (nSPS) is 10.8. The van der Waals surface area contributed by atoms with Crippen molar-refractivity contribution in [3.8, 4) is 11.4 Å². The van der Waals surface area contributed by atoms with E-state index in [2.05, 4.69) is 28.8 Å². The van der Waals surface area contributed by atoms with E-state index >= 15 is 0 Å². The third-order valence-electron chi connectivity index (χ3n) is 1.86. The van der Waals surface area contributed by atoms with Crippen molar-refractivity contribution in [2.75, 3.05) is 0 Å². The maximum Gasteiger partial charge on any atom is 0.116 e. The summed E-state index contributed by atoms with van der Waals surface area (Å²) in [4.78, 5) is 12.5. The molecule has 0 atom stereocenters. The summed E-state index contributed by atoms with van der Waals surface area (Å²) in [6.07, 6.45) is 3.28. The smallest absolute Gasteiger partial charge is 0.116 e. The van der Waals surface area contributed by atoms with Crippen LogP contribution < -0.4 is 0 Å². The fourth-order valence-corrected chi connectivity index (χ4v) is 1.94. The molecule has 0 fully saturated rings. The van der Waals surface area contributed by atoms with Crippen LogP contribution in [-0.2, 0) is 0 Å². The van der Waals surface area contributed by atoms with E-state index < -0.39 is 0 Å². The van der Waals surface area contributed by atoms with Crippen LogP contribution in [-0.4, -0.2) is 15.0 Å². The fourth-order valence-electron chi connectivity index (χ4n) is 1.11. The van der Waals surface area contributed by atoms with Crippen molar-refractivity contribution in [2.45, 2.75) is 19.8 Å². The van der Waals surface area contributed by atoms with Crippen molar-refractivity contribution >= 4 is 11.3 Å². The molecule has 0 aliphatic carbocycles. The topological polar surface area (TPSA) is 38.7 Å². The monoisotopic (exact) mass is 205 g/mol. The number of nitrogens with zero attached hydrogens (tertiary/aromatic N) is 3. The third-order valence-corrected chi connectivity index (χ3v) is 3.01. The molecular formula is C10H11N3S. The summed E-state index contributed by atoms with van der Waals surface area (Å²) in [7, 11) is 0. The van der Waals surface area contributed by atoms with Crippen LogP contribution in [0.5, 0.6) is 0 Å². The van der Waals surface area contributed by atoms with Crippen molar-refractivity contribution in [3.63, 3.8) is 0 Å². The second-order valence-electron chi connectivity index (χ2n) is 3.32. The Balaban J connectivity index is 2.34. The molecule has 14 heavy (non-hydrogen) atoms. The van der Waals surface area contributed by atoms with Crippen molar-refractivity contribution < 1.29 is 0 Å². The molecule has 0 aliphatic heterocycles. The molecule has 2 heterocycles. The van der Waals surface area contributed by atoms with Crippen molar-refractivity contribution in [2.24, 2.45) is 0 Å². The lowest BCUT2D eigenvalue weighted by Crippen LogP contribution is -1.87. The van der Waals surface area contributed by atoms with Gasteiger partial charge in [0.2, 0.25) is 0 Å². The molecular weight excluding hydrogens is 194 g/mol. The first kappa shape index (κ1) is 9.27. The first-order valence-electron chi connectivity index (χ1n) is 4.49. The van der Waals surface area contributed by atoms with Crippen molar-refractivity contribution in [1.82, 2.24) is 15.0 Å². The molecule has 0 spiro atoms. The first-order valence-corrected chi connectivity index (χ1v) is 5.37. The lowest BCUT2D eigenvalue weighted by atomic mass is 10.2. The minimum atomic E-state index is 0.482. The molecule has 4 heteroatoms. The van der Waals surface area contributed by atoms with Gasteiger partial charge in [-0.25, -0.2) is 15.0 Å². The summed E-state index contributed by atoms with van der Waals surface area (Å²) < 4.78 is 0. The number of hydrogen-bond donors (Lipinski definition) is 0. The Hall–Kier alpha value is -1.29. The standard InChI is InChI=1S/C10H11N3S/c1-7(2)10-13-9(5-14-10)8-3-4-11-6-12-8/h3-7H,1-2H3. The van der Waals surface area contributed by atoms with Crippen LogP contribution in [0, 0.1) is 0 Å². The quantitative estimate of drug-likeness (QED) is 0.756. The average molecular weight is 205 g/mol. The van der Waals surface area contributed by atoms with Crippen LogP contribution in [0.15, 0.2) is 24.0 Å². The molecule has 0 aromatic carbocycles. The highest BCUT2D eigenvalue weighted by Crippen LogP contribution is 2.24. The minimum absolute atomic E-state index is 0.482. The van der Waals surface area contributed by atoms with Crippen LogP contribution in [0.25, 0.3) is 11.4 Å². The molecule has 0 aliphatic rings. The Kier molecular flexibility index (Phi) is 2.54. The van der Waals surface area contributed by atoms with Crippen LogP contribution in [0.4, 0.5) is 0 Å². The molecule has 2 rings (SSSR count). The first-order chi connectivity index (χ1) is 6.77. The second kappa shape index (κ2) is 3.84. The van der Waals surface area contributed by atoms with Gasteiger partial charge in [0.1, 0.15) is 6.33 Å². The summed E-state index contributed by atoms with van der Waals surface area (Å²) in [6.45, 7) is 4.28. The number of aromatic nitrogens is 3. The van der Waals surface area contributed by atoms with E-state index in [0.717, 1.165) is 16.4 Å². The van der Waals surface area contributed by atoms with Gasteiger partial charge in [-0.3, -0.25) is 0 Å². The van der Waals surface area contributed by atoms with Gasteiger partial charge in [0, 0.05) is 17.5 Å². The zero-order chi connectivity index (χ0) is 9.97. The Morgan fingerprint density at radius 2 is 2.14 bits per heavy atom. The predicted molar refractivity (Wildman–Crippen MR) is 57.2 cm³/mol. The van der Waals surface area contributed by atoms with E-state index in [1.165, 1.54) is 0 Å². The van der Waals surface area contributed by atoms with Gasteiger partial charge >= 0.3 is 0 Å². The van der Waals surface area contributed by atoms with Gasteiger partial charge in [-0.2, -0.15) is 0 Å². The molecule has 0 bridgehead atoms. The van der Waals surface area contributed by atoms with Gasteiger partial charge < -0.3 is 0 Å². The fraction of sp³-hybridized carbons (Fsp3) is 0.300. The van der Waals surface area contributed by atoms with Crippen molar-refractivity contribution in [3.05, 3.63) is 29.0 Å². The Labute approximate surface area is 86.9 Å². The van der Waals surface area contributed by atoms with E-state index in [0.29, 0.717) is 5.92 Å². The number of rotatable bonds is 2. The van der Waals surface area contributed by atoms with Gasteiger partial charge in [0.05, 0.1) is 16.4 Å². The summed E-state index contributed by atoms with van der Waals surface area (Å²) >= 11 is 1.68. The molecule has 0 N–H and O–H groups in total. The molecule has 3 nitrogen and oxygen atoms in total. The highest BCUT2D eigenvalue weighted by molar-refractivity contribution is 7.10. The van der Waals surface area contributed by atoms with E-state index in [1.807, 2.05) is 11.4 Å². The summed E-state index contributed by atoms with van der Waals surface area (Å²) in [6, 6.07) is 1.87. The summed E-state index contributed by atoms with van der Waals surface area (Å²) in [5, 5.41) is 3.19. The molecule has 2 aromatic heterocycles. The summed E-state index contributed by atoms with van der Waals surface area (Å²) in [5.74, 6) is 0.482. The second-order valence-corrected chi connectivity index (χ2v) is 4.21. The zero-order valence-corrected chi connectivity index (χ0v) is 8.95. The maximum atomic E-state index is 4.51. The maximum absolute atomic E-state index is 4.51. The molecule has 0 amide bonds. The van der Waals surface area contributed by atoms with E-state index in [1.54, 1.807) is 23.9 Å². The van der Waals surface area contributed by atoms with Crippen molar-refractivity contribution in [1.29, 1.82) is 0 Å². The Morgan fingerprint density at radius 3 is 2.71 bits per heavy atom. The molecule has 0 saturated carbocycles. The molecule has 72 valence electrons. The largest absolute Gasteiger partial charge is 0.245 e. The lowest BCUT2D eigenvalue weighted by Gasteiger charge is -1.96. The molecule has 0 unspecified atom stereocenters. The third kappa shape index (κ3) is 1.80. The van der Waals surface area contributed by atoms with E-state index in [-0.39, 0.29) is 0 Å². The van der Waals surface area contributed by atoms with Gasteiger partial charge in [-0.15, -0.1) is 11.3 Å². The van der Waals surface area contributed by atoms with E-state index in [9.17, 15) is 0 Å². The highest BCUT2D eigenvalue weighted by Gasteiger charge is 2.07. The minimum Gasteiger partial charge on any atom is -0.245 e. The highest BCUT2D eigenvalue weighted by atomic mass is 32.1. The van der Waals surface area contributed by atoms with Gasteiger partial charge in [0.25, 0.3) is 0 Å². The summed E-state index contributed by atoms with van der Waals surface area (Å²) in [5.41, 5.74) is 1.84. The Morgan fingerprint density at radius 1 is 1.29 bits per heavy atom. The van der Waals surface area contributed by atoms with Crippen LogP contribution in [0.3, 0.4) is 0 Å². The SMILES string of the molecule is CC(C)c1nc(-c2ccncn2)cs1. The number of thiazole rings is 1. The van der Waals surface area contributed by atoms with Crippen LogP contribution >= 0.6 is 11.3 Å².